The van der Waals surface area contributed by atoms with Crippen LogP contribution in [0.25, 0.3) is 0 Å². The first-order valence-corrected chi connectivity index (χ1v) is 9.39. The number of nitrogens with one attached hydrogen (secondary N) is 3. The molecule has 0 unspecified atom stereocenters. The monoisotopic (exact) mass is 388 g/mol. The van der Waals surface area contributed by atoms with E-state index in [2.05, 4.69) is 16.1 Å². The van der Waals surface area contributed by atoms with Gasteiger partial charge in [-0.1, -0.05) is 36.4 Å². The van der Waals surface area contributed by atoms with Crippen molar-refractivity contribution >= 4 is 23.2 Å². The van der Waals surface area contributed by atoms with Gasteiger partial charge in [0, 0.05) is 12.1 Å². The normalized spacial score (nSPS) is 13.0. The number of aromatic nitrogens is 1. The van der Waals surface area contributed by atoms with Crippen molar-refractivity contribution in [3.8, 4) is 0 Å². The minimum Gasteiger partial charge on any atom is -0.351 e. The van der Waals surface area contributed by atoms with Crippen LogP contribution in [0.4, 0.5) is 11.4 Å². The second-order valence-electron chi connectivity index (χ2n) is 6.73. The molecular formula is C22H20N4O3. The third kappa shape index (κ3) is 3.89. The molecule has 0 saturated carbocycles. The number of fused-ring (bicyclic) bond motifs is 1. The number of nitrogens with zero attached hydrogens (tertiary/aromatic N) is 1. The van der Waals surface area contributed by atoms with Gasteiger partial charge in [-0.2, -0.15) is 0 Å². The summed E-state index contributed by atoms with van der Waals surface area (Å²) in [5.41, 5.74) is 4.68. The van der Waals surface area contributed by atoms with Crippen LogP contribution in [-0.2, 0) is 6.42 Å². The molecule has 3 N–H and O–H groups in total. The first kappa shape index (κ1) is 18.5. The summed E-state index contributed by atoms with van der Waals surface area (Å²) < 4.78 is 1.21. The van der Waals surface area contributed by atoms with Gasteiger partial charge >= 0.3 is 0 Å². The van der Waals surface area contributed by atoms with E-state index in [1.54, 1.807) is 42.5 Å². The molecule has 0 aliphatic carbocycles. The molecule has 1 aliphatic rings. The van der Waals surface area contributed by atoms with Gasteiger partial charge in [-0.3, -0.25) is 19.8 Å². The van der Waals surface area contributed by atoms with Crippen LogP contribution >= 0.6 is 0 Å². The fourth-order valence-electron chi connectivity index (χ4n) is 3.29. The highest BCUT2D eigenvalue weighted by molar-refractivity contribution is 6.04. The number of rotatable bonds is 4. The summed E-state index contributed by atoms with van der Waals surface area (Å²) in [7, 11) is 0. The summed E-state index contributed by atoms with van der Waals surface area (Å²) in [6.07, 6.45) is 1.35. The summed E-state index contributed by atoms with van der Waals surface area (Å²) in [6, 6.07) is 19.4. The number of benzene rings is 2. The van der Waals surface area contributed by atoms with Gasteiger partial charge in [0.05, 0.1) is 5.69 Å². The second-order valence-corrected chi connectivity index (χ2v) is 6.73. The first-order valence-electron chi connectivity index (χ1n) is 9.39. The molecule has 7 nitrogen and oxygen atoms in total. The Morgan fingerprint density at radius 3 is 2.38 bits per heavy atom. The number of amides is 2. The highest BCUT2D eigenvalue weighted by Crippen LogP contribution is 2.18. The van der Waals surface area contributed by atoms with E-state index < -0.39 is 5.56 Å². The molecule has 29 heavy (non-hydrogen) atoms. The SMILES string of the molecule is O=C(Nc1cc2c(n(Nc3ccccc3)c1=O)C(=O)NCCC2)c1ccccc1. The van der Waals surface area contributed by atoms with Crippen LogP contribution in [0.5, 0.6) is 0 Å². The molecule has 4 rings (SSSR count). The molecule has 7 heteroatoms. The Morgan fingerprint density at radius 1 is 0.966 bits per heavy atom. The Hall–Kier alpha value is -3.87. The lowest BCUT2D eigenvalue weighted by atomic mass is 10.1. The maximum atomic E-state index is 13.2. The lowest BCUT2D eigenvalue weighted by Gasteiger charge is -2.18. The fraction of sp³-hybridized carbons (Fsp3) is 0.136. The number of anilines is 2. The van der Waals surface area contributed by atoms with Crippen LogP contribution in [0.15, 0.2) is 71.5 Å². The van der Waals surface area contributed by atoms with Crippen molar-refractivity contribution in [3.63, 3.8) is 0 Å². The van der Waals surface area contributed by atoms with Crippen molar-refractivity contribution in [2.75, 3.05) is 17.3 Å². The van der Waals surface area contributed by atoms with Gasteiger partial charge in [-0.05, 0) is 48.7 Å². The van der Waals surface area contributed by atoms with Crippen LogP contribution in [-0.4, -0.2) is 23.0 Å². The van der Waals surface area contributed by atoms with Gasteiger partial charge in [0.15, 0.2) is 0 Å². The molecule has 0 spiro atoms. The summed E-state index contributed by atoms with van der Waals surface area (Å²) in [4.78, 5) is 38.4. The van der Waals surface area contributed by atoms with E-state index in [0.29, 0.717) is 29.8 Å². The van der Waals surface area contributed by atoms with Gasteiger partial charge in [0.1, 0.15) is 11.4 Å². The Balaban J connectivity index is 1.79. The van der Waals surface area contributed by atoms with Gasteiger partial charge in [-0.15, -0.1) is 0 Å². The van der Waals surface area contributed by atoms with Crippen LogP contribution in [0.1, 0.15) is 32.8 Å². The predicted molar refractivity (Wildman–Crippen MR) is 111 cm³/mol. The molecule has 0 fully saturated rings. The molecule has 2 amide bonds. The van der Waals surface area contributed by atoms with Crippen molar-refractivity contribution in [2.45, 2.75) is 12.8 Å². The zero-order valence-electron chi connectivity index (χ0n) is 15.6. The van der Waals surface area contributed by atoms with E-state index in [9.17, 15) is 14.4 Å². The number of carbonyl (C=O) groups excluding carboxylic acids is 2. The lowest BCUT2D eigenvalue weighted by Crippen LogP contribution is -2.37. The van der Waals surface area contributed by atoms with Gasteiger partial charge in [-0.25, -0.2) is 4.68 Å². The molecule has 1 aliphatic heterocycles. The second kappa shape index (κ2) is 8.02. The van der Waals surface area contributed by atoms with E-state index in [4.69, 9.17) is 0 Å². The van der Waals surface area contributed by atoms with E-state index in [1.807, 2.05) is 24.3 Å². The van der Waals surface area contributed by atoms with Crippen molar-refractivity contribution in [2.24, 2.45) is 0 Å². The molecule has 0 atom stereocenters. The molecule has 3 aromatic rings. The summed E-state index contributed by atoms with van der Waals surface area (Å²) in [6.45, 7) is 0.527. The Morgan fingerprint density at radius 2 is 1.66 bits per heavy atom. The lowest BCUT2D eigenvalue weighted by molar-refractivity contribution is 0.0947. The van der Waals surface area contributed by atoms with Crippen molar-refractivity contribution < 1.29 is 9.59 Å². The minimum absolute atomic E-state index is 0.121. The quantitative estimate of drug-likeness (QED) is 0.641. The van der Waals surface area contributed by atoms with E-state index in [1.165, 1.54) is 4.68 Å². The van der Waals surface area contributed by atoms with E-state index in [0.717, 1.165) is 6.42 Å². The van der Waals surface area contributed by atoms with Crippen molar-refractivity contribution in [3.05, 3.63) is 93.9 Å². The van der Waals surface area contributed by atoms with Crippen molar-refractivity contribution in [1.82, 2.24) is 9.99 Å². The Bertz CT molecular complexity index is 1110. The Labute approximate surface area is 167 Å². The van der Waals surface area contributed by atoms with Gasteiger partial charge in [0.2, 0.25) is 0 Å². The molecule has 1 aromatic heterocycles. The standard InChI is InChI=1S/C22H20N4O3/c27-20(15-8-3-1-4-9-15)24-18-14-16-10-7-13-23-21(28)19(16)26(22(18)29)25-17-11-5-2-6-12-17/h1-6,8-9,11-12,14,25H,7,10,13H2,(H,23,28)(H,24,27). The molecular weight excluding hydrogens is 368 g/mol. The molecule has 146 valence electrons. The molecule has 2 aromatic carbocycles. The third-order valence-electron chi connectivity index (χ3n) is 4.70. The van der Waals surface area contributed by atoms with E-state index >= 15 is 0 Å². The number of hydrogen-bond donors (Lipinski definition) is 3. The summed E-state index contributed by atoms with van der Waals surface area (Å²) in [5, 5.41) is 5.51. The van der Waals surface area contributed by atoms with Gasteiger partial charge in [0.25, 0.3) is 17.4 Å². The number of hydrogen-bond acceptors (Lipinski definition) is 4. The minimum atomic E-state index is -0.506. The van der Waals surface area contributed by atoms with E-state index in [-0.39, 0.29) is 23.2 Å². The smallest absolute Gasteiger partial charge is 0.293 e. The number of aryl methyl sites for hydroxylation is 1. The molecule has 2 heterocycles. The predicted octanol–water partition coefficient (Wildman–Crippen LogP) is 2.65. The Kier molecular flexibility index (Phi) is 5.11. The number of para-hydroxylation sites is 1. The van der Waals surface area contributed by atoms with Crippen LogP contribution in [0, 0.1) is 0 Å². The fourth-order valence-corrected chi connectivity index (χ4v) is 3.29. The molecule has 0 bridgehead atoms. The summed E-state index contributed by atoms with van der Waals surface area (Å²) >= 11 is 0. The first-order chi connectivity index (χ1) is 14.1. The number of pyridine rings is 1. The highest BCUT2D eigenvalue weighted by atomic mass is 16.2. The zero-order chi connectivity index (χ0) is 20.2. The van der Waals surface area contributed by atoms with Crippen LogP contribution in [0.2, 0.25) is 0 Å². The third-order valence-corrected chi connectivity index (χ3v) is 4.70. The number of carbonyl (C=O) groups is 2. The van der Waals surface area contributed by atoms with Crippen molar-refractivity contribution in [1.29, 1.82) is 0 Å². The maximum Gasteiger partial charge on any atom is 0.293 e. The molecule has 0 radical (unpaired) electrons. The average molecular weight is 388 g/mol. The van der Waals surface area contributed by atoms with Crippen LogP contribution < -0.4 is 21.6 Å². The zero-order valence-corrected chi connectivity index (χ0v) is 15.6. The maximum absolute atomic E-state index is 13.2. The average Bonchev–Trinajstić information content (AvgIpc) is 2.93. The molecule has 0 saturated heterocycles. The topological polar surface area (TPSA) is 92.2 Å². The van der Waals surface area contributed by atoms with Gasteiger partial charge < -0.3 is 10.6 Å². The summed E-state index contributed by atoms with van der Waals surface area (Å²) in [5.74, 6) is -0.703. The van der Waals surface area contributed by atoms with Crippen LogP contribution in [0.3, 0.4) is 0 Å². The highest BCUT2D eigenvalue weighted by Gasteiger charge is 2.24. The largest absolute Gasteiger partial charge is 0.351 e.